The van der Waals surface area contributed by atoms with Crippen molar-refractivity contribution in [1.29, 1.82) is 0 Å². The SMILES string of the molecule is CCOc1ccc(CCC(=O)N2CCC(c3nnc4ccccn34)CC2)cc1. The molecule has 6 heteroatoms. The second-order valence-corrected chi connectivity index (χ2v) is 7.22. The highest BCUT2D eigenvalue weighted by Crippen LogP contribution is 2.27. The summed E-state index contributed by atoms with van der Waals surface area (Å²) in [5.41, 5.74) is 2.05. The Morgan fingerprint density at radius 3 is 2.64 bits per heavy atom. The summed E-state index contributed by atoms with van der Waals surface area (Å²) >= 11 is 0. The highest BCUT2D eigenvalue weighted by atomic mass is 16.5. The Kier molecular flexibility index (Phi) is 5.55. The lowest BCUT2D eigenvalue weighted by Gasteiger charge is -2.31. The van der Waals surface area contributed by atoms with Crippen LogP contribution in [0.3, 0.4) is 0 Å². The molecule has 0 spiro atoms. The molecular formula is C22H26N4O2. The van der Waals surface area contributed by atoms with Crippen LogP contribution < -0.4 is 4.74 Å². The number of nitrogens with zero attached hydrogens (tertiary/aromatic N) is 4. The van der Waals surface area contributed by atoms with E-state index in [1.54, 1.807) is 0 Å². The zero-order valence-corrected chi connectivity index (χ0v) is 16.3. The second kappa shape index (κ2) is 8.42. The Labute approximate surface area is 165 Å². The lowest BCUT2D eigenvalue weighted by Crippen LogP contribution is -2.38. The Balaban J connectivity index is 1.29. The summed E-state index contributed by atoms with van der Waals surface area (Å²) in [6.45, 7) is 4.21. The fourth-order valence-corrected chi connectivity index (χ4v) is 3.85. The molecule has 146 valence electrons. The van der Waals surface area contributed by atoms with E-state index in [0.29, 0.717) is 18.9 Å². The summed E-state index contributed by atoms with van der Waals surface area (Å²) in [7, 11) is 0. The van der Waals surface area contributed by atoms with Gasteiger partial charge in [-0.05, 0) is 56.0 Å². The van der Waals surface area contributed by atoms with Gasteiger partial charge in [0.05, 0.1) is 6.61 Å². The molecule has 3 heterocycles. The van der Waals surface area contributed by atoms with Crippen LogP contribution in [-0.4, -0.2) is 45.1 Å². The highest BCUT2D eigenvalue weighted by Gasteiger charge is 2.26. The first-order chi connectivity index (χ1) is 13.7. The molecule has 3 aromatic rings. The number of aromatic nitrogens is 3. The standard InChI is InChI=1S/C22H26N4O2/c1-2-28-19-9-6-17(7-10-19)8-11-21(27)25-15-12-18(13-16-25)22-24-23-20-5-3-4-14-26(20)22/h3-7,9-10,14,18H,2,8,11-13,15-16H2,1H3. The summed E-state index contributed by atoms with van der Waals surface area (Å²) in [5, 5.41) is 8.64. The van der Waals surface area contributed by atoms with Gasteiger partial charge in [0.1, 0.15) is 11.6 Å². The molecule has 0 bridgehead atoms. The molecule has 0 aliphatic carbocycles. The Hall–Kier alpha value is -2.89. The average Bonchev–Trinajstić information content (AvgIpc) is 3.17. The number of hydrogen-bond donors (Lipinski definition) is 0. The zero-order valence-electron chi connectivity index (χ0n) is 16.3. The van der Waals surface area contributed by atoms with Gasteiger partial charge in [-0.25, -0.2) is 0 Å². The van der Waals surface area contributed by atoms with Crippen molar-refractivity contribution in [2.45, 2.75) is 38.5 Å². The molecule has 0 saturated carbocycles. The van der Waals surface area contributed by atoms with Crippen molar-refractivity contribution in [3.8, 4) is 5.75 Å². The van der Waals surface area contributed by atoms with Crippen LogP contribution in [0.1, 0.15) is 43.5 Å². The van der Waals surface area contributed by atoms with E-state index in [1.165, 1.54) is 5.56 Å². The maximum absolute atomic E-state index is 12.6. The average molecular weight is 378 g/mol. The van der Waals surface area contributed by atoms with E-state index in [0.717, 1.165) is 49.6 Å². The Morgan fingerprint density at radius 2 is 1.89 bits per heavy atom. The molecule has 4 rings (SSSR count). The van der Waals surface area contributed by atoms with Gasteiger partial charge < -0.3 is 9.64 Å². The number of benzene rings is 1. The fourth-order valence-electron chi connectivity index (χ4n) is 3.85. The van der Waals surface area contributed by atoms with Crippen LogP contribution in [0.2, 0.25) is 0 Å². The maximum atomic E-state index is 12.6. The van der Waals surface area contributed by atoms with E-state index >= 15 is 0 Å². The van der Waals surface area contributed by atoms with Gasteiger partial charge in [-0.2, -0.15) is 0 Å². The number of carbonyl (C=O) groups is 1. The lowest BCUT2D eigenvalue weighted by atomic mass is 9.95. The molecule has 1 aromatic carbocycles. The Morgan fingerprint density at radius 1 is 1.11 bits per heavy atom. The predicted molar refractivity (Wildman–Crippen MR) is 107 cm³/mol. The second-order valence-electron chi connectivity index (χ2n) is 7.22. The third-order valence-corrected chi connectivity index (χ3v) is 5.41. The van der Waals surface area contributed by atoms with Crippen LogP contribution in [0.4, 0.5) is 0 Å². The number of hydrogen-bond acceptors (Lipinski definition) is 4. The predicted octanol–water partition coefficient (Wildman–Crippen LogP) is 3.47. The number of pyridine rings is 1. The number of likely N-dealkylation sites (tertiary alicyclic amines) is 1. The monoisotopic (exact) mass is 378 g/mol. The summed E-state index contributed by atoms with van der Waals surface area (Å²) in [4.78, 5) is 14.6. The maximum Gasteiger partial charge on any atom is 0.222 e. The van der Waals surface area contributed by atoms with Gasteiger partial charge in [0.25, 0.3) is 0 Å². The number of amides is 1. The molecule has 1 saturated heterocycles. The van der Waals surface area contributed by atoms with Crippen molar-refractivity contribution < 1.29 is 9.53 Å². The molecule has 28 heavy (non-hydrogen) atoms. The van der Waals surface area contributed by atoms with Crippen LogP contribution in [-0.2, 0) is 11.2 Å². The van der Waals surface area contributed by atoms with Crippen LogP contribution in [0.5, 0.6) is 5.75 Å². The van der Waals surface area contributed by atoms with Gasteiger partial charge in [-0.15, -0.1) is 10.2 Å². The van der Waals surface area contributed by atoms with E-state index in [-0.39, 0.29) is 5.91 Å². The molecule has 0 radical (unpaired) electrons. The first kappa shape index (κ1) is 18.5. The highest BCUT2D eigenvalue weighted by molar-refractivity contribution is 5.76. The molecule has 2 aromatic heterocycles. The van der Waals surface area contributed by atoms with Crippen LogP contribution in [0.15, 0.2) is 48.7 Å². The van der Waals surface area contributed by atoms with Crippen molar-refractivity contribution >= 4 is 11.6 Å². The van der Waals surface area contributed by atoms with Gasteiger partial charge in [0.15, 0.2) is 5.65 Å². The fraction of sp³-hybridized carbons (Fsp3) is 0.409. The number of aryl methyl sites for hydroxylation is 1. The summed E-state index contributed by atoms with van der Waals surface area (Å²) in [5.74, 6) is 2.48. The lowest BCUT2D eigenvalue weighted by molar-refractivity contribution is -0.132. The molecule has 0 unspecified atom stereocenters. The molecular weight excluding hydrogens is 352 g/mol. The van der Waals surface area contributed by atoms with E-state index in [2.05, 4.69) is 14.6 Å². The van der Waals surface area contributed by atoms with Gasteiger partial charge in [0, 0.05) is 31.6 Å². The van der Waals surface area contributed by atoms with E-state index in [9.17, 15) is 4.79 Å². The molecule has 0 atom stereocenters. The van der Waals surface area contributed by atoms with Crippen LogP contribution in [0, 0.1) is 0 Å². The molecule has 1 amide bonds. The molecule has 1 aliphatic rings. The van der Waals surface area contributed by atoms with Crippen LogP contribution in [0.25, 0.3) is 5.65 Å². The van der Waals surface area contributed by atoms with Crippen molar-refractivity contribution in [2.75, 3.05) is 19.7 Å². The third kappa shape index (κ3) is 4.01. The minimum atomic E-state index is 0.235. The number of piperidine rings is 1. The number of rotatable bonds is 6. The van der Waals surface area contributed by atoms with Crippen molar-refractivity contribution in [3.05, 3.63) is 60.0 Å². The summed E-state index contributed by atoms with van der Waals surface area (Å²) in [6, 6.07) is 14.0. The van der Waals surface area contributed by atoms with Crippen molar-refractivity contribution in [1.82, 2.24) is 19.5 Å². The molecule has 6 nitrogen and oxygen atoms in total. The minimum absolute atomic E-state index is 0.235. The van der Waals surface area contributed by atoms with Gasteiger partial charge >= 0.3 is 0 Å². The normalized spacial score (nSPS) is 15.1. The van der Waals surface area contributed by atoms with Gasteiger partial charge in [0.2, 0.25) is 5.91 Å². The molecule has 1 aliphatic heterocycles. The topological polar surface area (TPSA) is 59.7 Å². The zero-order chi connectivity index (χ0) is 19.3. The minimum Gasteiger partial charge on any atom is -0.494 e. The number of carbonyl (C=O) groups excluding carboxylic acids is 1. The van der Waals surface area contributed by atoms with Crippen LogP contribution >= 0.6 is 0 Å². The molecule has 1 fully saturated rings. The Bertz CT molecular complexity index is 927. The van der Waals surface area contributed by atoms with Gasteiger partial charge in [-0.3, -0.25) is 9.20 Å². The number of ether oxygens (including phenoxy) is 1. The first-order valence-electron chi connectivity index (χ1n) is 10.0. The quantitative estimate of drug-likeness (QED) is 0.659. The summed E-state index contributed by atoms with van der Waals surface area (Å²) < 4.78 is 7.53. The van der Waals surface area contributed by atoms with E-state index < -0.39 is 0 Å². The van der Waals surface area contributed by atoms with Gasteiger partial charge in [-0.1, -0.05) is 18.2 Å². The van der Waals surface area contributed by atoms with Crippen molar-refractivity contribution in [3.63, 3.8) is 0 Å². The summed E-state index contributed by atoms with van der Waals surface area (Å²) in [6.07, 6.45) is 5.19. The molecule has 0 N–H and O–H groups in total. The van der Waals surface area contributed by atoms with Crippen molar-refractivity contribution in [2.24, 2.45) is 0 Å². The van der Waals surface area contributed by atoms with E-state index in [1.807, 2.05) is 60.5 Å². The van der Waals surface area contributed by atoms with E-state index in [4.69, 9.17) is 4.74 Å². The third-order valence-electron chi connectivity index (χ3n) is 5.41. The number of fused-ring (bicyclic) bond motifs is 1. The smallest absolute Gasteiger partial charge is 0.222 e. The first-order valence-corrected chi connectivity index (χ1v) is 10.0. The largest absolute Gasteiger partial charge is 0.494 e.